The highest BCUT2D eigenvalue weighted by molar-refractivity contribution is 5.89. The van der Waals surface area contributed by atoms with Crippen LogP contribution in [-0.2, 0) is 6.54 Å². The van der Waals surface area contributed by atoms with Crippen LogP contribution in [0.1, 0.15) is 37.9 Å². The highest BCUT2D eigenvalue weighted by atomic mass is 16.2. The van der Waals surface area contributed by atoms with E-state index >= 15 is 0 Å². The lowest BCUT2D eigenvalue weighted by Gasteiger charge is -2.15. The van der Waals surface area contributed by atoms with Gasteiger partial charge in [0, 0.05) is 18.3 Å². The Kier molecular flexibility index (Phi) is 7.02. The smallest absolute Gasteiger partial charge is 0.319 e. The van der Waals surface area contributed by atoms with Crippen molar-refractivity contribution in [1.82, 2.24) is 16.0 Å². The number of hydrogen-bond acceptors (Lipinski definition) is 2. The largest absolute Gasteiger partial charge is 0.336 e. The predicted octanol–water partition coefficient (Wildman–Crippen LogP) is 3.78. The first kappa shape index (κ1) is 19.3. The van der Waals surface area contributed by atoms with Gasteiger partial charge in [0.1, 0.15) is 0 Å². The van der Waals surface area contributed by atoms with Crippen molar-refractivity contribution in [3.05, 3.63) is 65.7 Å². The van der Waals surface area contributed by atoms with Gasteiger partial charge in [-0.1, -0.05) is 42.5 Å². The summed E-state index contributed by atoms with van der Waals surface area (Å²) in [7, 11) is 0. The molecule has 0 aliphatic heterocycles. The van der Waals surface area contributed by atoms with Crippen molar-refractivity contribution in [3.63, 3.8) is 0 Å². The Balaban J connectivity index is 1.78. The van der Waals surface area contributed by atoms with Crippen LogP contribution in [0.3, 0.4) is 0 Å². The topological polar surface area (TPSA) is 82.3 Å². The average Bonchev–Trinajstić information content (AvgIpc) is 2.61. The number of hydrogen-bond donors (Lipinski definition) is 4. The molecule has 26 heavy (non-hydrogen) atoms. The second-order valence-corrected chi connectivity index (χ2v) is 6.41. The van der Waals surface area contributed by atoms with Crippen LogP contribution in [0.4, 0.5) is 15.3 Å². The van der Waals surface area contributed by atoms with Crippen LogP contribution in [0.25, 0.3) is 0 Å². The normalized spacial score (nSPS) is 11.5. The molecule has 2 aromatic carbocycles. The third-order valence-corrected chi connectivity index (χ3v) is 3.73. The summed E-state index contributed by atoms with van der Waals surface area (Å²) >= 11 is 0. The first-order valence-corrected chi connectivity index (χ1v) is 8.70. The minimum atomic E-state index is -0.236. The second-order valence-electron chi connectivity index (χ2n) is 6.41. The minimum Gasteiger partial charge on any atom is -0.336 e. The Labute approximate surface area is 154 Å². The van der Waals surface area contributed by atoms with E-state index in [0.717, 1.165) is 11.1 Å². The number of carbonyl (C=O) groups is 2. The van der Waals surface area contributed by atoms with Crippen molar-refractivity contribution in [2.75, 3.05) is 5.32 Å². The summed E-state index contributed by atoms with van der Waals surface area (Å²) in [4.78, 5) is 23.7. The van der Waals surface area contributed by atoms with Crippen LogP contribution in [0.15, 0.2) is 54.6 Å². The molecule has 138 valence electrons. The number of benzene rings is 2. The van der Waals surface area contributed by atoms with E-state index in [1.54, 1.807) is 12.1 Å². The summed E-state index contributed by atoms with van der Waals surface area (Å²) in [6.07, 6.45) is 0. The maximum Gasteiger partial charge on any atom is 0.319 e. The molecule has 0 bridgehead atoms. The molecular weight excluding hydrogens is 328 g/mol. The molecule has 4 N–H and O–H groups in total. The molecule has 0 saturated heterocycles. The third kappa shape index (κ3) is 6.47. The summed E-state index contributed by atoms with van der Waals surface area (Å²) in [5.41, 5.74) is 2.70. The van der Waals surface area contributed by atoms with Crippen LogP contribution in [0.2, 0.25) is 0 Å². The van der Waals surface area contributed by atoms with Crippen LogP contribution >= 0.6 is 0 Å². The van der Waals surface area contributed by atoms with Crippen LogP contribution < -0.4 is 21.3 Å². The van der Waals surface area contributed by atoms with Gasteiger partial charge in [-0.25, -0.2) is 9.59 Å². The second kappa shape index (κ2) is 9.46. The van der Waals surface area contributed by atoms with Gasteiger partial charge in [-0.15, -0.1) is 0 Å². The molecular formula is C20H26N4O2. The third-order valence-electron chi connectivity index (χ3n) is 3.73. The zero-order chi connectivity index (χ0) is 18.9. The van der Waals surface area contributed by atoms with Gasteiger partial charge in [0.2, 0.25) is 0 Å². The van der Waals surface area contributed by atoms with Gasteiger partial charge in [-0.05, 0) is 44.0 Å². The summed E-state index contributed by atoms with van der Waals surface area (Å²) in [6.45, 7) is 6.15. The molecule has 0 fully saturated rings. The first-order valence-electron chi connectivity index (χ1n) is 8.70. The molecule has 0 spiro atoms. The fourth-order valence-corrected chi connectivity index (χ4v) is 2.39. The molecule has 6 nitrogen and oxygen atoms in total. The van der Waals surface area contributed by atoms with E-state index in [1.165, 1.54) is 0 Å². The number of amides is 4. The summed E-state index contributed by atoms with van der Waals surface area (Å²) in [5, 5.41) is 11.3. The van der Waals surface area contributed by atoms with E-state index in [1.807, 2.05) is 63.2 Å². The molecule has 2 rings (SSSR count). The quantitative estimate of drug-likeness (QED) is 0.637. The maximum absolute atomic E-state index is 12.0. The van der Waals surface area contributed by atoms with E-state index < -0.39 is 0 Å². The Morgan fingerprint density at radius 2 is 1.50 bits per heavy atom. The monoisotopic (exact) mass is 354 g/mol. The standard InChI is InChI=1S/C20H26N4O2/c1-14(2)22-20(26)24-18-11-9-16(10-12-18)13-21-19(25)23-15(3)17-7-5-4-6-8-17/h4-12,14-15H,13H2,1-3H3,(H2,21,23,25)(H2,22,24,26). The predicted molar refractivity (Wildman–Crippen MR) is 104 cm³/mol. The molecule has 0 radical (unpaired) electrons. The van der Waals surface area contributed by atoms with Gasteiger partial charge in [0.05, 0.1) is 6.04 Å². The van der Waals surface area contributed by atoms with Gasteiger partial charge < -0.3 is 21.3 Å². The maximum atomic E-state index is 12.0. The molecule has 6 heteroatoms. The van der Waals surface area contributed by atoms with Crippen molar-refractivity contribution >= 4 is 17.7 Å². The summed E-state index contributed by atoms with van der Waals surface area (Å²) < 4.78 is 0. The first-order chi connectivity index (χ1) is 12.4. The fraction of sp³-hybridized carbons (Fsp3) is 0.300. The number of nitrogens with one attached hydrogen (secondary N) is 4. The molecule has 0 aromatic heterocycles. The highest BCUT2D eigenvalue weighted by Gasteiger charge is 2.08. The highest BCUT2D eigenvalue weighted by Crippen LogP contribution is 2.11. The summed E-state index contributed by atoms with van der Waals surface area (Å²) in [5.74, 6) is 0. The van der Waals surface area contributed by atoms with E-state index in [2.05, 4.69) is 21.3 Å². The van der Waals surface area contributed by atoms with Crippen LogP contribution in [0.5, 0.6) is 0 Å². The zero-order valence-corrected chi connectivity index (χ0v) is 15.4. The van der Waals surface area contributed by atoms with Crippen LogP contribution in [-0.4, -0.2) is 18.1 Å². The SMILES string of the molecule is CC(C)NC(=O)Nc1ccc(CNC(=O)NC(C)c2ccccc2)cc1. The Bertz CT molecular complexity index is 714. The van der Waals surface area contributed by atoms with Crippen LogP contribution in [0, 0.1) is 0 Å². The van der Waals surface area contributed by atoms with E-state index in [9.17, 15) is 9.59 Å². The molecule has 0 heterocycles. The molecule has 1 unspecified atom stereocenters. The van der Waals surface area contributed by atoms with Gasteiger partial charge in [-0.3, -0.25) is 0 Å². The molecule has 2 aromatic rings. The van der Waals surface area contributed by atoms with E-state index in [0.29, 0.717) is 12.2 Å². The van der Waals surface area contributed by atoms with Gasteiger partial charge in [-0.2, -0.15) is 0 Å². The van der Waals surface area contributed by atoms with Crippen molar-refractivity contribution < 1.29 is 9.59 Å². The lowest BCUT2D eigenvalue weighted by molar-refractivity contribution is 0.237. The number of urea groups is 2. The average molecular weight is 354 g/mol. The summed E-state index contributed by atoms with van der Waals surface area (Å²) in [6, 6.07) is 16.7. The van der Waals surface area contributed by atoms with E-state index in [4.69, 9.17) is 0 Å². The van der Waals surface area contributed by atoms with Gasteiger partial charge in [0.15, 0.2) is 0 Å². The molecule has 4 amide bonds. The zero-order valence-electron chi connectivity index (χ0n) is 15.4. The van der Waals surface area contributed by atoms with Gasteiger partial charge in [0.25, 0.3) is 0 Å². The van der Waals surface area contributed by atoms with Crippen molar-refractivity contribution in [1.29, 1.82) is 0 Å². The minimum absolute atomic E-state index is 0.0674. The number of rotatable bonds is 6. The van der Waals surface area contributed by atoms with Gasteiger partial charge >= 0.3 is 12.1 Å². The Morgan fingerprint density at radius 1 is 0.846 bits per heavy atom. The number of carbonyl (C=O) groups excluding carboxylic acids is 2. The Morgan fingerprint density at radius 3 is 2.12 bits per heavy atom. The lowest BCUT2D eigenvalue weighted by atomic mass is 10.1. The molecule has 0 aliphatic carbocycles. The molecule has 1 atom stereocenters. The van der Waals surface area contributed by atoms with E-state index in [-0.39, 0.29) is 24.1 Å². The van der Waals surface area contributed by atoms with Crippen molar-refractivity contribution in [3.8, 4) is 0 Å². The number of anilines is 1. The lowest BCUT2D eigenvalue weighted by Crippen LogP contribution is -2.36. The Hall–Kier alpha value is -3.02. The fourth-order valence-electron chi connectivity index (χ4n) is 2.39. The van der Waals surface area contributed by atoms with Crippen molar-refractivity contribution in [2.45, 2.75) is 39.4 Å². The molecule has 0 aliphatic rings. The molecule has 0 saturated carbocycles. The van der Waals surface area contributed by atoms with Crippen molar-refractivity contribution in [2.24, 2.45) is 0 Å².